The van der Waals surface area contributed by atoms with E-state index in [9.17, 15) is 9.18 Å². The number of benzene rings is 1. The summed E-state index contributed by atoms with van der Waals surface area (Å²) in [4.78, 5) is 12.0. The van der Waals surface area contributed by atoms with Crippen molar-refractivity contribution in [2.75, 3.05) is 0 Å². The molecule has 3 rings (SSSR count). The summed E-state index contributed by atoms with van der Waals surface area (Å²) in [7, 11) is 0. The van der Waals surface area contributed by atoms with Crippen molar-refractivity contribution in [1.82, 2.24) is 9.78 Å². The highest BCUT2D eigenvalue weighted by molar-refractivity contribution is 6.32. The molecule has 1 aromatic heterocycles. The summed E-state index contributed by atoms with van der Waals surface area (Å²) in [6, 6.07) is 5.94. The first-order valence-electron chi connectivity index (χ1n) is 6.43. The number of H-pyrrole nitrogens is 1. The van der Waals surface area contributed by atoms with Gasteiger partial charge in [-0.25, -0.2) is 9.07 Å². The number of para-hydroxylation sites is 1. The predicted octanol–water partition coefficient (Wildman–Crippen LogP) is 3.62. The lowest BCUT2D eigenvalue weighted by Crippen LogP contribution is -2.15. The van der Waals surface area contributed by atoms with Crippen LogP contribution in [0.1, 0.15) is 37.3 Å². The Morgan fingerprint density at radius 3 is 2.74 bits per heavy atom. The van der Waals surface area contributed by atoms with Gasteiger partial charge in [0.2, 0.25) is 0 Å². The van der Waals surface area contributed by atoms with Gasteiger partial charge in [-0.3, -0.25) is 9.89 Å². The number of aromatic nitrogens is 2. The van der Waals surface area contributed by atoms with Gasteiger partial charge in [0.1, 0.15) is 11.5 Å². The third-order valence-electron chi connectivity index (χ3n) is 3.70. The van der Waals surface area contributed by atoms with Crippen molar-refractivity contribution >= 4 is 11.6 Å². The summed E-state index contributed by atoms with van der Waals surface area (Å²) in [5, 5.41) is 3.23. The van der Waals surface area contributed by atoms with E-state index >= 15 is 0 Å². The molecule has 1 saturated carbocycles. The fourth-order valence-corrected chi connectivity index (χ4v) is 2.98. The van der Waals surface area contributed by atoms with Crippen LogP contribution in [0, 0.1) is 5.82 Å². The maximum absolute atomic E-state index is 13.8. The summed E-state index contributed by atoms with van der Waals surface area (Å²) >= 11 is 5.99. The van der Waals surface area contributed by atoms with Crippen molar-refractivity contribution in [3.63, 3.8) is 0 Å². The van der Waals surface area contributed by atoms with Gasteiger partial charge >= 0.3 is 0 Å². The lowest BCUT2D eigenvalue weighted by molar-refractivity contribution is 0.603. The van der Waals surface area contributed by atoms with E-state index in [-0.39, 0.29) is 16.3 Å². The monoisotopic (exact) mass is 280 g/mol. The molecule has 1 heterocycles. The molecule has 3 nitrogen and oxygen atoms in total. The van der Waals surface area contributed by atoms with Crippen molar-refractivity contribution in [2.45, 2.75) is 31.6 Å². The zero-order valence-corrected chi connectivity index (χ0v) is 11.1. The molecular formula is C14H14ClFN2O. The Hall–Kier alpha value is -1.55. The molecule has 0 spiro atoms. The van der Waals surface area contributed by atoms with E-state index in [2.05, 4.69) is 5.10 Å². The highest BCUT2D eigenvalue weighted by Crippen LogP contribution is 2.33. The normalized spacial score (nSPS) is 16.1. The summed E-state index contributed by atoms with van der Waals surface area (Å²) in [6.07, 6.45) is 4.51. The number of nitrogens with zero attached hydrogens (tertiary/aromatic N) is 1. The first-order chi connectivity index (χ1) is 9.16. The van der Waals surface area contributed by atoms with Gasteiger partial charge in [-0.2, -0.15) is 0 Å². The summed E-state index contributed by atoms with van der Waals surface area (Å²) < 4.78 is 15.0. The van der Waals surface area contributed by atoms with Crippen molar-refractivity contribution < 1.29 is 4.39 Å². The minimum Gasteiger partial charge on any atom is -0.295 e. The second kappa shape index (κ2) is 4.85. The minimum absolute atomic E-state index is 0.0958. The van der Waals surface area contributed by atoms with Gasteiger partial charge in [-0.05, 0) is 25.0 Å². The number of rotatable bonds is 2. The van der Waals surface area contributed by atoms with Crippen molar-refractivity contribution in [3.8, 4) is 5.69 Å². The Morgan fingerprint density at radius 2 is 2.05 bits per heavy atom. The lowest BCUT2D eigenvalue weighted by atomic mass is 10.1. The maximum Gasteiger partial charge on any atom is 0.271 e. The highest BCUT2D eigenvalue weighted by atomic mass is 35.5. The Balaban J connectivity index is 2.08. The number of aromatic amines is 1. The van der Waals surface area contributed by atoms with E-state index in [1.807, 2.05) is 0 Å². The van der Waals surface area contributed by atoms with Gasteiger partial charge in [0, 0.05) is 17.7 Å². The molecular weight excluding hydrogens is 267 g/mol. The number of hydrogen-bond acceptors (Lipinski definition) is 1. The van der Waals surface area contributed by atoms with Gasteiger partial charge < -0.3 is 0 Å². The van der Waals surface area contributed by atoms with Crippen LogP contribution >= 0.6 is 11.6 Å². The van der Waals surface area contributed by atoms with E-state index < -0.39 is 5.82 Å². The first-order valence-corrected chi connectivity index (χ1v) is 6.81. The lowest BCUT2D eigenvalue weighted by Gasteiger charge is -2.08. The molecule has 1 aliphatic rings. The van der Waals surface area contributed by atoms with E-state index in [1.54, 1.807) is 12.1 Å². The van der Waals surface area contributed by atoms with Crippen LogP contribution in [0.25, 0.3) is 5.69 Å². The second-order valence-corrected chi connectivity index (χ2v) is 5.34. The Labute approximate surface area is 115 Å². The average molecular weight is 281 g/mol. The molecule has 1 N–H and O–H groups in total. The van der Waals surface area contributed by atoms with Crippen molar-refractivity contribution in [3.05, 3.63) is 51.2 Å². The van der Waals surface area contributed by atoms with Gasteiger partial charge in [0.25, 0.3) is 5.56 Å². The Bertz CT molecular complexity index is 635. The van der Waals surface area contributed by atoms with Crippen LogP contribution < -0.4 is 5.56 Å². The maximum atomic E-state index is 13.8. The largest absolute Gasteiger partial charge is 0.295 e. The van der Waals surface area contributed by atoms with Crippen LogP contribution in [0.4, 0.5) is 4.39 Å². The highest BCUT2D eigenvalue weighted by Gasteiger charge is 2.21. The minimum atomic E-state index is -0.505. The second-order valence-electron chi connectivity index (χ2n) is 4.94. The number of hydrogen-bond donors (Lipinski definition) is 1. The Morgan fingerprint density at radius 1 is 1.32 bits per heavy atom. The van der Waals surface area contributed by atoms with E-state index in [4.69, 9.17) is 11.6 Å². The zero-order chi connectivity index (χ0) is 13.4. The standard InChI is InChI=1S/C14H14ClFN2O/c15-10-6-3-7-11(16)14(10)18-13(19)8-12(17-18)9-4-1-2-5-9/h3,6-9,17H,1-2,4-5H2. The molecule has 0 bridgehead atoms. The molecule has 0 aliphatic heterocycles. The third-order valence-corrected chi connectivity index (χ3v) is 4.00. The van der Waals surface area contributed by atoms with Crippen LogP contribution in [-0.4, -0.2) is 9.78 Å². The van der Waals surface area contributed by atoms with Crippen LogP contribution in [0.15, 0.2) is 29.1 Å². The molecule has 0 atom stereocenters. The van der Waals surface area contributed by atoms with Crippen LogP contribution in [-0.2, 0) is 0 Å². The SMILES string of the molecule is O=c1cc(C2CCCC2)[nH]n1-c1c(F)cccc1Cl. The van der Waals surface area contributed by atoms with Crippen LogP contribution in [0.5, 0.6) is 0 Å². The zero-order valence-electron chi connectivity index (χ0n) is 10.3. The smallest absolute Gasteiger partial charge is 0.271 e. The molecule has 19 heavy (non-hydrogen) atoms. The molecule has 2 aromatic rings. The molecule has 0 saturated heterocycles. The molecule has 1 fully saturated rings. The van der Waals surface area contributed by atoms with Crippen LogP contribution in [0.2, 0.25) is 5.02 Å². The van der Waals surface area contributed by atoms with Crippen molar-refractivity contribution in [1.29, 1.82) is 0 Å². The average Bonchev–Trinajstić information content (AvgIpc) is 2.99. The molecule has 1 aromatic carbocycles. The van der Waals surface area contributed by atoms with Crippen molar-refractivity contribution in [2.24, 2.45) is 0 Å². The van der Waals surface area contributed by atoms with Gasteiger partial charge in [0.05, 0.1) is 5.02 Å². The van der Waals surface area contributed by atoms with Gasteiger partial charge in [0.15, 0.2) is 0 Å². The van der Waals surface area contributed by atoms with E-state index in [1.165, 1.54) is 29.7 Å². The Kier molecular flexibility index (Phi) is 3.19. The number of halogens is 2. The van der Waals surface area contributed by atoms with Crippen LogP contribution in [0.3, 0.4) is 0 Å². The fourth-order valence-electron chi connectivity index (χ4n) is 2.73. The molecule has 0 radical (unpaired) electrons. The third kappa shape index (κ3) is 2.21. The summed E-state index contributed by atoms with van der Waals surface area (Å²) in [6.45, 7) is 0. The topological polar surface area (TPSA) is 37.8 Å². The molecule has 100 valence electrons. The van der Waals surface area contributed by atoms with Gasteiger partial charge in [-0.1, -0.05) is 30.5 Å². The molecule has 1 aliphatic carbocycles. The molecule has 0 unspecified atom stereocenters. The number of nitrogens with one attached hydrogen (secondary N) is 1. The summed E-state index contributed by atoms with van der Waals surface area (Å²) in [5.41, 5.74) is 0.703. The first kappa shape index (κ1) is 12.5. The molecule has 5 heteroatoms. The van der Waals surface area contributed by atoms with E-state index in [0.29, 0.717) is 5.92 Å². The summed E-state index contributed by atoms with van der Waals surface area (Å²) in [5.74, 6) is -0.131. The fraction of sp³-hybridized carbons (Fsp3) is 0.357. The molecule has 0 amide bonds. The quantitative estimate of drug-likeness (QED) is 0.896. The van der Waals surface area contributed by atoms with E-state index in [0.717, 1.165) is 18.5 Å². The predicted molar refractivity (Wildman–Crippen MR) is 72.6 cm³/mol. The van der Waals surface area contributed by atoms with Gasteiger partial charge in [-0.15, -0.1) is 0 Å².